The zero-order chi connectivity index (χ0) is 22.6. The molecular formula is C21H20F3N5O2. The van der Waals surface area contributed by atoms with Crippen LogP contribution in [0.15, 0.2) is 54.7 Å². The van der Waals surface area contributed by atoms with Gasteiger partial charge in [0, 0.05) is 29.7 Å². The summed E-state index contributed by atoms with van der Waals surface area (Å²) >= 11 is 0. The van der Waals surface area contributed by atoms with Gasteiger partial charge in [0.15, 0.2) is 0 Å². The second-order valence-corrected chi connectivity index (χ2v) is 6.90. The van der Waals surface area contributed by atoms with Crippen molar-refractivity contribution < 1.29 is 18.1 Å². The van der Waals surface area contributed by atoms with E-state index < -0.39 is 16.7 Å². The Morgan fingerprint density at radius 1 is 1.10 bits per heavy atom. The maximum Gasteiger partial charge on any atom is 0.421 e. The predicted molar refractivity (Wildman–Crippen MR) is 112 cm³/mol. The number of hydrogen-bond donors (Lipinski definition) is 2. The molecule has 2 aromatic carbocycles. The molecule has 0 amide bonds. The Morgan fingerprint density at radius 2 is 1.77 bits per heavy atom. The molecular weight excluding hydrogens is 411 g/mol. The van der Waals surface area contributed by atoms with Gasteiger partial charge < -0.3 is 10.6 Å². The quantitative estimate of drug-likeness (QED) is 0.332. The lowest BCUT2D eigenvalue weighted by atomic mass is 9.97. The summed E-state index contributed by atoms with van der Waals surface area (Å²) in [5.41, 5.74) is 0.698. The van der Waals surface area contributed by atoms with Gasteiger partial charge in [-0.25, -0.2) is 4.98 Å². The second kappa shape index (κ2) is 8.99. The number of non-ortho nitro benzene ring substituents is 1. The molecule has 1 heterocycles. The lowest BCUT2D eigenvalue weighted by molar-refractivity contribution is -0.384. The predicted octanol–water partition coefficient (Wildman–Crippen LogP) is 6.40. The van der Waals surface area contributed by atoms with Crippen molar-refractivity contribution in [1.29, 1.82) is 0 Å². The van der Waals surface area contributed by atoms with E-state index in [1.54, 1.807) is 12.1 Å². The first-order chi connectivity index (χ1) is 14.7. The van der Waals surface area contributed by atoms with E-state index in [-0.39, 0.29) is 23.4 Å². The summed E-state index contributed by atoms with van der Waals surface area (Å²) in [4.78, 5) is 18.0. The van der Waals surface area contributed by atoms with Crippen LogP contribution >= 0.6 is 0 Å². The van der Waals surface area contributed by atoms with Gasteiger partial charge >= 0.3 is 6.18 Å². The Balaban J connectivity index is 1.96. The standard InChI is InChI=1S/C21H20F3N5O2/c1-3-13(2)16-6-4-5-7-18(16)27-19-17(21(22,23)24)12-25-20(28-19)26-14-8-10-15(11-9-14)29(30)31/h4-13H,3H2,1-2H3,(H2,25,26,27,28). The molecule has 1 aromatic heterocycles. The zero-order valence-corrected chi connectivity index (χ0v) is 16.8. The van der Waals surface area contributed by atoms with Crippen LogP contribution in [0.2, 0.25) is 0 Å². The smallest absolute Gasteiger partial charge is 0.339 e. The number of nitrogens with one attached hydrogen (secondary N) is 2. The van der Waals surface area contributed by atoms with Crippen molar-refractivity contribution in [3.05, 3.63) is 76.0 Å². The van der Waals surface area contributed by atoms with Crippen LogP contribution in [0.5, 0.6) is 0 Å². The lowest BCUT2D eigenvalue weighted by Gasteiger charge is -2.19. The highest BCUT2D eigenvalue weighted by atomic mass is 19.4. The number of halogens is 3. The Kier molecular flexibility index (Phi) is 6.38. The van der Waals surface area contributed by atoms with Gasteiger partial charge in [-0.1, -0.05) is 32.0 Å². The topological polar surface area (TPSA) is 93.0 Å². The van der Waals surface area contributed by atoms with Gasteiger partial charge in [0.1, 0.15) is 11.4 Å². The number of nitro groups is 1. The van der Waals surface area contributed by atoms with Gasteiger partial charge in [-0.15, -0.1) is 0 Å². The van der Waals surface area contributed by atoms with Gasteiger partial charge in [-0.05, 0) is 36.1 Å². The molecule has 0 bridgehead atoms. The van der Waals surface area contributed by atoms with Crippen molar-refractivity contribution in [2.24, 2.45) is 0 Å². The molecule has 10 heteroatoms. The summed E-state index contributed by atoms with van der Waals surface area (Å²) in [6, 6.07) is 12.5. The summed E-state index contributed by atoms with van der Waals surface area (Å²) < 4.78 is 40.7. The number of para-hydroxylation sites is 1. The molecule has 0 saturated heterocycles. The molecule has 162 valence electrons. The van der Waals surface area contributed by atoms with E-state index in [1.165, 1.54) is 24.3 Å². The Morgan fingerprint density at radius 3 is 2.39 bits per heavy atom. The van der Waals surface area contributed by atoms with Crippen molar-refractivity contribution >= 4 is 28.8 Å². The molecule has 31 heavy (non-hydrogen) atoms. The second-order valence-electron chi connectivity index (χ2n) is 6.90. The van der Waals surface area contributed by atoms with Gasteiger partial charge in [-0.3, -0.25) is 10.1 Å². The fourth-order valence-electron chi connectivity index (χ4n) is 2.93. The summed E-state index contributed by atoms with van der Waals surface area (Å²) in [6.07, 6.45) is -3.13. The number of aromatic nitrogens is 2. The van der Waals surface area contributed by atoms with E-state index in [9.17, 15) is 23.3 Å². The Hall–Kier alpha value is -3.69. The molecule has 0 aliphatic rings. The first kappa shape index (κ1) is 22.0. The van der Waals surface area contributed by atoms with Gasteiger partial charge in [0.2, 0.25) is 5.95 Å². The Bertz CT molecular complexity index is 1070. The molecule has 3 rings (SSSR count). The number of nitro benzene ring substituents is 1. The molecule has 0 fully saturated rings. The molecule has 2 N–H and O–H groups in total. The SMILES string of the molecule is CCC(C)c1ccccc1Nc1nc(Nc2ccc([N+](=O)[O-])cc2)ncc1C(F)(F)F. The minimum Gasteiger partial charge on any atom is -0.339 e. The molecule has 0 aliphatic carbocycles. The Labute approximate surface area is 176 Å². The minimum absolute atomic E-state index is 0.0784. The van der Waals surface area contributed by atoms with Crippen LogP contribution < -0.4 is 10.6 Å². The molecule has 0 saturated carbocycles. The fourth-order valence-corrected chi connectivity index (χ4v) is 2.93. The summed E-state index contributed by atoms with van der Waals surface area (Å²) in [5.74, 6) is -0.328. The molecule has 0 aliphatic heterocycles. The van der Waals surface area contributed by atoms with Crippen LogP contribution in [0.25, 0.3) is 0 Å². The van der Waals surface area contributed by atoms with Crippen LogP contribution in [-0.2, 0) is 6.18 Å². The van der Waals surface area contributed by atoms with Crippen molar-refractivity contribution in [3.63, 3.8) is 0 Å². The zero-order valence-electron chi connectivity index (χ0n) is 16.8. The highest BCUT2D eigenvalue weighted by Gasteiger charge is 2.35. The third-order valence-corrected chi connectivity index (χ3v) is 4.79. The van der Waals surface area contributed by atoms with E-state index >= 15 is 0 Å². The average Bonchev–Trinajstić information content (AvgIpc) is 2.73. The summed E-state index contributed by atoms with van der Waals surface area (Å²) in [5, 5.41) is 16.3. The number of rotatable bonds is 7. The number of anilines is 4. The van der Waals surface area contributed by atoms with Crippen LogP contribution in [-0.4, -0.2) is 14.9 Å². The first-order valence-electron chi connectivity index (χ1n) is 9.50. The van der Waals surface area contributed by atoms with Crippen molar-refractivity contribution in [2.75, 3.05) is 10.6 Å². The largest absolute Gasteiger partial charge is 0.421 e. The van der Waals surface area contributed by atoms with E-state index in [4.69, 9.17) is 0 Å². The maximum atomic E-state index is 13.6. The third kappa shape index (κ3) is 5.27. The van der Waals surface area contributed by atoms with Crippen LogP contribution in [0.3, 0.4) is 0 Å². The van der Waals surface area contributed by atoms with Gasteiger partial charge in [-0.2, -0.15) is 18.2 Å². The van der Waals surface area contributed by atoms with Crippen molar-refractivity contribution in [3.8, 4) is 0 Å². The number of hydrogen-bond acceptors (Lipinski definition) is 6. The van der Waals surface area contributed by atoms with Crippen LogP contribution in [0, 0.1) is 10.1 Å². The average molecular weight is 431 g/mol. The molecule has 0 spiro atoms. The summed E-state index contributed by atoms with van der Waals surface area (Å²) in [7, 11) is 0. The highest BCUT2D eigenvalue weighted by Crippen LogP contribution is 2.37. The van der Waals surface area contributed by atoms with E-state index in [0.717, 1.165) is 12.0 Å². The maximum absolute atomic E-state index is 13.6. The van der Waals surface area contributed by atoms with Crippen LogP contribution in [0.4, 0.5) is 42.0 Å². The van der Waals surface area contributed by atoms with E-state index in [1.807, 2.05) is 26.0 Å². The van der Waals surface area contributed by atoms with Crippen molar-refractivity contribution in [2.45, 2.75) is 32.4 Å². The first-order valence-corrected chi connectivity index (χ1v) is 9.50. The van der Waals surface area contributed by atoms with E-state index in [0.29, 0.717) is 17.6 Å². The number of nitrogens with zero attached hydrogens (tertiary/aromatic N) is 3. The molecule has 1 atom stereocenters. The lowest BCUT2D eigenvalue weighted by Crippen LogP contribution is -2.13. The fraction of sp³-hybridized carbons (Fsp3) is 0.238. The third-order valence-electron chi connectivity index (χ3n) is 4.79. The normalized spacial score (nSPS) is 12.3. The molecule has 1 unspecified atom stereocenters. The number of benzene rings is 2. The number of alkyl halides is 3. The highest BCUT2D eigenvalue weighted by molar-refractivity contribution is 5.66. The van der Waals surface area contributed by atoms with Crippen LogP contribution in [0.1, 0.15) is 37.3 Å². The molecule has 0 radical (unpaired) electrons. The monoisotopic (exact) mass is 431 g/mol. The van der Waals surface area contributed by atoms with Gasteiger partial charge in [0.05, 0.1) is 4.92 Å². The van der Waals surface area contributed by atoms with Gasteiger partial charge in [0.25, 0.3) is 5.69 Å². The summed E-state index contributed by atoms with van der Waals surface area (Å²) in [6.45, 7) is 3.99. The minimum atomic E-state index is -4.65. The molecule has 3 aromatic rings. The molecule has 7 nitrogen and oxygen atoms in total. The van der Waals surface area contributed by atoms with E-state index in [2.05, 4.69) is 20.6 Å². The van der Waals surface area contributed by atoms with Crippen molar-refractivity contribution in [1.82, 2.24) is 9.97 Å².